The van der Waals surface area contributed by atoms with Gasteiger partial charge in [0.2, 0.25) is 0 Å². The van der Waals surface area contributed by atoms with E-state index in [1.807, 2.05) is 0 Å². The molecular weight excluding hydrogens is 215 g/mol. The minimum absolute atomic E-state index is 0.509. The van der Waals surface area contributed by atoms with E-state index in [0.29, 0.717) is 4.44 Å². The molecule has 0 heterocycles. The Kier molecular flexibility index (Phi) is 5.79. The predicted molar refractivity (Wildman–Crippen MR) is 32.0 cm³/mol. The maximum atomic E-state index is 9.83. The molecule has 0 saturated carbocycles. The van der Waals surface area contributed by atoms with Crippen molar-refractivity contribution in [2.75, 3.05) is 14.2 Å². The van der Waals surface area contributed by atoms with Crippen molar-refractivity contribution in [3.05, 3.63) is 0 Å². The summed E-state index contributed by atoms with van der Waals surface area (Å²) < 4.78 is 10.3. The molecule has 0 N–H and O–H groups in total. The van der Waals surface area contributed by atoms with Gasteiger partial charge in [-0.25, -0.2) is 0 Å². The van der Waals surface area contributed by atoms with Gasteiger partial charge in [-0.1, -0.05) is 0 Å². The topological polar surface area (TPSA) is 35.5 Å². The SMILES string of the molecule is C[O][SnH]([CH2]C=O)[O]C. The zero-order chi connectivity index (χ0) is 6.41. The minimum atomic E-state index is -2.17. The molecule has 0 bridgehead atoms. The Labute approximate surface area is 56.8 Å². The Morgan fingerprint density at radius 3 is 2.12 bits per heavy atom. The van der Waals surface area contributed by atoms with Crippen molar-refractivity contribution in [1.29, 1.82) is 0 Å². The summed E-state index contributed by atoms with van der Waals surface area (Å²) in [7, 11) is 3.18. The van der Waals surface area contributed by atoms with Crippen molar-refractivity contribution in [3.8, 4) is 0 Å². The van der Waals surface area contributed by atoms with Crippen LogP contribution in [0.3, 0.4) is 0 Å². The van der Waals surface area contributed by atoms with Crippen LogP contribution in [0.2, 0.25) is 4.44 Å². The zero-order valence-corrected chi connectivity index (χ0v) is 8.38. The molecule has 0 spiro atoms. The summed E-state index contributed by atoms with van der Waals surface area (Å²) in [4.78, 5) is 9.83. The average Bonchev–Trinajstić information content (AvgIpc) is 1.83. The van der Waals surface area contributed by atoms with Gasteiger partial charge in [-0.05, 0) is 0 Å². The number of carbonyl (C=O) groups is 1. The van der Waals surface area contributed by atoms with E-state index >= 15 is 0 Å². The summed E-state index contributed by atoms with van der Waals surface area (Å²) in [5.41, 5.74) is 0. The van der Waals surface area contributed by atoms with Crippen LogP contribution < -0.4 is 0 Å². The summed E-state index contributed by atoms with van der Waals surface area (Å²) in [6.45, 7) is 0. The summed E-state index contributed by atoms with van der Waals surface area (Å²) >= 11 is -2.17. The molecule has 0 aliphatic rings. The van der Waals surface area contributed by atoms with Crippen LogP contribution in [-0.4, -0.2) is 41.1 Å². The van der Waals surface area contributed by atoms with Crippen LogP contribution in [0.25, 0.3) is 0 Å². The molecule has 0 aliphatic heterocycles. The summed E-state index contributed by atoms with van der Waals surface area (Å²) in [6.07, 6.45) is 0.855. The molecule has 0 saturated heterocycles. The molecule has 0 aromatic rings. The standard InChI is InChI=1S/C2H3O.2CH3O.Sn.H/c1-2-3;2*1-2;;/h2H,1H2;2*1H3;;/q;2*-1;+2;. The van der Waals surface area contributed by atoms with Gasteiger partial charge >= 0.3 is 56.5 Å². The molecule has 8 heavy (non-hydrogen) atoms. The van der Waals surface area contributed by atoms with E-state index in [0.717, 1.165) is 6.29 Å². The average molecular weight is 225 g/mol. The second-order valence-corrected chi connectivity index (χ2v) is 7.79. The molecule has 48 valence electrons. The van der Waals surface area contributed by atoms with Crippen molar-refractivity contribution in [3.63, 3.8) is 0 Å². The van der Waals surface area contributed by atoms with Crippen LogP contribution in [0.1, 0.15) is 0 Å². The van der Waals surface area contributed by atoms with Gasteiger partial charge in [-0.3, -0.25) is 0 Å². The molecule has 0 fully saturated rings. The molecule has 3 nitrogen and oxygen atoms in total. The number of hydrogen-bond acceptors (Lipinski definition) is 3. The van der Waals surface area contributed by atoms with Gasteiger partial charge in [0.25, 0.3) is 0 Å². The summed E-state index contributed by atoms with van der Waals surface area (Å²) in [6, 6.07) is 0. The van der Waals surface area contributed by atoms with Gasteiger partial charge in [0.1, 0.15) is 0 Å². The third-order valence-electron chi connectivity index (χ3n) is 0.814. The van der Waals surface area contributed by atoms with Gasteiger partial charge in [-0.2, -0.15) is 0 Å². The molecule has 0 amide bonds. The van der Waals surface area contributed by atoms with Gasteiger partial charge < -0.3 is 0 Å². The van der Waals surface area contributed by atoms with Crippen LogP contribution in [-0.2, 0) is 10.9 Å². The zero-order valence-electron chi connectivity index (χ0n) is 5.09. The van der Waals surface area contributed by atoms with E-state index in [1.54, 1.807) is 14.2 Å². The van der Waals surface area contributed by atoms with E-state index in [-0.39, 0.29) is 0 Å². The fraction of sp³-hybridized carbons (Fsp3) is 0.750. The Hall–Kier alpha value is 0.389. The van der Waals surface area contributed by atoms with Crippen molar-refractivity contribution in [2.45, 2.75) is 4.44 Å². The maximum absolute atomic E-state index is 9.83. The monoisotopic (exact) mass is 226 g/mol. The third kappa shape index (κ3) is 3.40. The van der Waals surface area contributed by atoms with Crippen LogP contribution in [0, 0.1) is 0 Å². The Morgan fingerprint density at radius 2 is 2.00 bits per heavy atom. The van der Waals surface area contributed by atoms with Crippen LogP contribution in [0.15, 0.2) is 0 Å². The van der Waals surface area contributed by atoms with Crippen LogP contribution in [0.5, 0.6) is 0 Å². The van der Waals surface area contributed by atoms with Crippen molar-refractivity contribution in [1.82, 2.24) is 0 Å². The van der Waals surface area contributed by atoms with Crippen molar-refractivity contribution < 1.29 is 10.9 Å². The molecule has 0 radical (unpaired) electrons. The van der Waals surface area contributed by atoms with Gasteiger partial charge in [-0.15, -0.1) is 0 Å². The van der Waals surface area contributed by atoms with Crippen LogP contribution in [0.4, 0.5) is 0 Å². The predicted octanol–water partition coefficient (Wildman–Crippen LogP) is -0.301. The molecule has 0 rings (SSSR count). The van der Waals surface area contributed by atoms with Crippen molar-refractivity contribution >= 4 is 26.9 Å². The van der Waals surface area contributed by atoms with Gasteiger partial charge in [0.05, 0.1) is 0 Å². The Balaban J connectivity index is 3.20. The van der Waals surface area contributed by atoms with Gasteiger partial charge in [0, 0.05) is 0 Å². The van der Waals surface area contributed by atoms with E-state index < -0.39 is 20.6 Å². The van der Waals surface area contributed by atoms with E-state index in [1.165, 1.54) is 0 Å². The fourth-order valence-corrected chi connectivity index (χ4v) is 2.46. The quantitative estimate of drug-likeness (QED) is 0.486. The Morgan fingerprint density at radius 1 is 1.50 bits per heavy atom. The van der Waals surface area contributed by atoms with Crippen molar-refractivity contribution in [2.24, 2.45) is 0 Å². The second kappa shape index (κ2) is 5.52. The summed E-state index contributed by atoms with van der Waals surface area (Å²) in [5.74, 6) is 0. The number of rotatable bonds is 4. The summed E-state index contributed by atoms with van der Waals surface area (Å²) in [5, 5.41) is 0. The Bertz CT molecular complexity index is 62.3. The number of hydrogen-bond donors (Lipinski definition) is 0. The van der Waals surface area contributed by atoms with E-state index in [9.17, 15) is 4.79 Å². The van der Waals surface area contributed by atoms with E-state index in [4.69, 9.17) is 6.15 Å². The molecule has 0 unspecified atom stereocenters. The molecule has 0 aromatic carbocycles. The number of aldehydes is 1. The number of carbonyl (C=O) groups excluding carboxylic acids is 1. The molecule has 4 heteroatoms. The van der Waals surface area contributed by atoms with Gasteiger partial charge in [0.15, 0.2) is 0 Å². The van der Waals surface area contributed by atoms with E-state index in [2.05, 4.69) is 0 Å². The molecule has 0 aromatic heterocycles. The first-order valence-corrected chi connectivity index (χ1v) is 7.36. The first kappa shape index (κ1) is 8.39. The molecular formula is C4H10O3Sn. The molecule has 0 aliphatic carbocycles. The normalized spacial score (nSPS) is 9.88. The second-order valence-electron chi connectivity index (χ2n) is 1.30. The third-order valence-corrected chi connectivity index (χ3v) is 5.46. The first-order chi connectivity index (χ1) is 3.85. The fourth-order valence-electron chi connectivity index (χ4n) is 0.367. The van der Waals surface area contributed by atoms with Crippen LogP contribution >= 0.6 is 0 Å². The molecule has 0 atom stereocenters. The first-order valence-electron chi connectivity index (χ1n) is 2.34.